The van der Waals surface area contributed by atoms with Crippen molar-refractivity contribution in [2.45, 2.75) is 6.54 Å². The van der Waals surface area contributed by atoms with Gasteiger partial charge in [-0.05, 0) is 29.6 Å². The molecule has 0 aliphatic carbocycles. The number of nitrogens with one attached hydrogen (secondary N) is 1. The Hall–Kier alpha value is -2.49. The number of rotatable bonds is 4. The van der Waals surface area contributed by atoms with Crippen LogP contribution < -0.4 is 0 Å². The van der Waals surface area contributed by atoms with Gasteiger partial charge in [0.1, 0.15) is 5.69 Å². The molecule has 7 nitrogen and oxygen atoms in total. The van der Waals surface area contributed by atoms with Gasteiger partial charge in [-0.25, -0.2) is 0 Å². The van der Waals surface area contributed by atoms with Crippen molar-refractivity contribution in [1.82, 2.24) is 24.9 Å². The second-order valence-corrected chi connectivity index (χ2v) is 8.84. The van der Waals surface area contributed by atoms with E-state index in [9.17, 15) is 4.79 Å². The first-order valence-corrected chi connectivity index (χ1v) is 11.0. The molecule has 9 heteroatoms. The smallest absolute Gasteiger partial charge is 0.270 e. The number of aromatic nitrogens is 3. The number of halogens is 1. The molecule has 29 heavy (non-hydrogen) atoms. The predicted octanol–water partition coefficient (Wildman–Crippen LogP) is 4.00. The van der Waals surface area contributed by atoms with Gasteiger partial charge < -0.3 is 14.4 Å². The molecule has 1 saturated heterocycles. The van der Waals surface area contributed by atoms with E-state index in [1.165, 1.54) is 0 Å². The fraction of sp³-hybridized carbons (Fsp3) is 0.250. The minimum atomic E-state index is 0.0368. The van der Waals surface area contributed by atoms with Crippen molar-refractivity contribution in [3.63, 3.8) is 0 Å². The van der Waals surface area contributed by atoms with E-state index in [4.69, 9.17) is 4.52 Å². The molecule has 1 aliphatic heterocycles. The lowest BCUT2D eigenvalue weighted by atomic mass is 10.2. The highest BCUT2D eigenvalue weighted by Gasteiger charge is 2.24. The molecular weight excluding hydrogens is 454 g/mol. The van der Waals surface area contributed by atoms with Crippen molar-refractivity contribution in [2.24, 2.45) is 0 Å². The maximum Gasteiger partial charge on any atom is 0.270 e. The number of H-pyrrole nitrogens is 1. The molecule has 0 bridgehead atoms. The molecule has 0 unspecified atom stereocenters. The molecule has 3 aromatic heterocycles. The van der Waals surface area contributed by atoms with Gasteiger partial charge in [0.2, 0.25) is 11.7 Å². The van der Waals surface area contributed by atoms with Crippen molar-refractivity contribution in [2.75, 3.05) is 26.2 Å². The normalized spacial score (nSPS) is 15.3. The summed E-state index contributed by atoms with van der Waals surface area (Å²) in [5, 5.41) is 7.09. The quantitative estimate of drug-likeness (QED) is 0.486. The highest BCUT2D eigenvalue weighted by atomic mass is 79.9. The third-order valence-corrected chi connectivity index (χ3v) is 6.40. The Labute approximate surface area is 179 Å². The molecule has 4 aromatic rings. The van der Waals surface area contributed by atoms with Crippen LogP contribution in [0.25, 0.3) is 21.6 Å². The lowest BCUT2D eigenvalue weighted by Gasteiger charge is -2.33. The van der Waals surface area contributed by atoms with E-state index >= 15 is 0 Å². The average molecular weight is 472 g/mol. The van der Waals surface area contributed by atoms with Gasteiger partial charge in [0.05, 0.1) is 11.4 Å². The first kappa shape index (κ1) is 18.5. The Morgan fingerprint density at radius 2 is 2.07 bits per heavy atom. The molecule has 148 valence electrons. The van der Waals surface area contributed by atoms with E-state index in [-0.39, 0.29) is 5.91 Å². The number of amides is 1. The van der Waals surface area contributed by atoms with Crippen molar-refractivity contribution < 1.29 is 9.32 Å². The lowest BCUT2D eigenvalue weighted by Crippen LogP contribution is -2.48. The number of piperazine rings is 1. The van der Waals surface area contributed by atoms with Gasteiger partial charge in [-0.2, -0.15) is 4.98 Å². The van der Waals surface area contributed by atoms with Gasteiger partial charge in [0.15, 0.2) is 0 Å². The SMILES string of the molecule is O=C(c1cc2ccc(Br)cc2[nH]1)N1CCN(Cc2nc(-c3cccs3)no2)CC1. The average Bonchev–Trinajstić information content (AvgIpc) is 3.48. The Morgan fingerprint density at radius 1 is 1.21 bits per heavy atom. The van der Waals surface area contributed by atoms with Crippen LogP contribution in [-0.4, -0.2) is 57.0 Å². The summed E-state index contributed by atoms with van der Waals surface area (Å²) in [6.07, 6.45) is 0. The maximum atomic E-state index is 12.9. The molecule has 1 N–H and O–H groups in total. The first-order chi connectivity index (χ1) is 14.2. The van der Waals surface area contributed by atoms with Crippen LogP contribution in [0.2, 0.25) is 0 Å². The summed E-state index contributed by atoms with van der Waals surface area (Å²) in [5.74, 6) is 1.28. The predicted molar refractivity (Wildman–Crippen MR) is 115 cm³/mol. The molecule has 0 saturated carbocycles. The maximum absolute atomic E-state index is 12.9. The molecule has 0 radical (unpaired) electrons. The molecule has 1 amide bonds. The van der Waals surface area contributed by atoms with Crippen LogP contribution in [0.5, 0.6) is 0 Å². The number of hydrogen-bond donors (Lipinski definition) is 1. The van der Waals surface area contributed by atoms with Crippen molar-refractivity contribution in [3.05, 3.63) is 57.8 Å². The van der Waals surface area contributed by atoms with Crippen LogP contribution in [0.4, 0.5) is 0 Å². The molecule has 1 aromatic carbocycles. The zero-order valence-corrected chi connectivity index (χ0v) is 17.9. The van der Waals surface area contributed by atoms with Crippen LogP contribution in [0.15, 0.2) is 50.8 Å². The summed E-state index contributed by atoms with van der Waals surface area (Å²) in [5.41, 5.74) is 1.59. The summed E-state index contributed by atoms with van der Waals surface area (Å²) < 4.78 is 6.38. The highest BCUT2D eigenvalue weighted by Crippen LogP contribution is 2.23. The van der Waals surface area contributed by atoms with E-state index in [1.54, 1.807) is 11.3 Å². The molecule has 5 rings (SSSR count). The molecule has 1 fully saturated rings. The van der Waals surface area contributed by atoms with E-state index in [0.717, 1.165) is 33.3 Å². The van der Waals surface area contributed by atoms with Gasteiger partial charge >= 0.3 is 0 Å². The van der Waals surface area contributed by atoms with Crippen LogP contribution in [0, 0.1) is 0 Å². The Kier molecular flexibility index (Phi) is 4.94. The van der Waals surface area contributed by atoms with Crippen molar-refractivity contribution in [3.8, 4) is 10.7 Å². The zero-order chi connectivity index (χ0) is 19.8. The zero-order valence-electron chi connectivity index (χ0n) is 15.5. The monoisotopic (exact) mass is 471 g/mol. The fourth-order valence-electron chi connectivity index (χ4n) is 3.51. The topological polar surface area (TPSA) is 78.3 Å². The minimum absolute atomic E-state index is 0.0368. The standard InChI is InChI=1S/C20H18BrN5O2S/c21-14-4-3-13-10-16(22-15(13)11-14)20(27)26-7-5-25(6-8-26)12-18-23-19(24-28-18)17-2-1-9-29-17/h1-4,9-11,22H,5-8,12H2. The number of carbonyl (C=O) groups is 1. The molecular formula is C20H18BrN5O2S. The Balaban J connectivity index is 1.20. The van der Waals surface area contributed by atoms with Crippen LogP contribution in [0.3, 0.4) is 0 Å². The molecule has 0 spiro atoms. The molecule has 1 aliphatic rings. The van der Waals surface area contributed by atoms with Gasteiger partial charge in [-0.3, -0.25) is 9.69 Å². The summed E-state index contributed by atoms with van der Waals surface area (Å²) in [4.78, 5) is 25.7. The molecule has 4 heterocycles. The van der Waals surface area contributed by atoms with E-state index in [1.807, 2.05) is 46.7 Å². The van der Waals surface area contributed by atoms with Crippen LogP contribution in [-0.2, 0) is 6.54 Å². The van der Waals surface area contributed by atoms with Gasteiger partial charge in [0.25, 0.3) is 5.91 Å². The minimum Gasteiger partial charge on any atom is -0.350 e. The first-order valence-electron chi connectivity index (χ1n) is 9.32. The number of carbonyl (C=O) groups excluding carboxylic acids is 1. The van der Waals surface area contributed by atoms with E-state index in [0.29, 0.717) is 37.0 Å². The highest BCUT2D eigenvalue weighted by molar-refractivity contribution is 9.10. The third kappa shape index (κ3) is 3.85. The van der Waals surface area contributed by atoms with Crippen molar-refractivity contribution >= 4 is 44.1 Å². The van der Waals surface area contributed by atoms with Gasteiger partial charge in [-0.1, -0.05) is 33.2 Å². The van der Waals surface area contributed by atoms with Crippen LogP contribution >= 0.6 is 27.3 Å². The second-order valence-electron chi connectivity index (χ2n) is 6.97. The third-order valence-electron chi connectivity index (χ3n) is 5.04. The van der Waals surface area contributed by atoms with E-state index in [2.05, 4.69) is 36.0 Å². The summed E-state index contributed by atoms with van der Waals surface area (Å²) in [6, 6.07) is 11.8. The number of benzene rings is 1. The van der Waals surface area contributed by atoms with Crippen molar-refractivity contribution in [1.29, 1.82) is 0 Å². The number of thiophene rings is 1. The Bertz CT molecular complexity index is 1150. The summed E-state index contributed by atoms with van der Waals surface area (Å²) in [6.45, 7) is 3.48. The number of aromatic amines is 1. The van der Waals surface area contributed by atoms with Crippen LogP contribution in [0.1, 0.15) is 16.4 Å². The van der Waals surface area contributed by atoms with Gasteiger partial charge in [0, 0.05) is 41.6 Å². The fourth-order valence-corrected chi connectivity index (χ4v) is 4.52. The lowest BCUT2D eigenvalue weighted by molar-refractivity contribution is 0.0610. The second kappa shape index (κ2) is 7.74. The molecule has 0 atom stereocenters. The summed E-state index contributed by atoms with van der Waals surface area (Å²) in [7, 11) is 0. The number of fused-ring (bicyclic) bond motifs is 1. The Morgan fingerprint density at radius 3 is 2.86 bits per heavy atom. The number of nitrogens with zero attached hydrogens (tertiary/aromatic N) is 4. The summed E-state index contributed by atoms with van der Waals surface area (Å²) >= 11 is 5.05. The number of hydrogen-bond acceptors (Lipinski definition) is 6. The largest absolute Gasteiger partial charge is 0.350 e. The van der Waals surface area contributed by atoms with E-state index < -0.39 is 0 Å². The van der Waals surface area contributed by atoms with Gasteiger partial charge in [-0.15, -0.1) is 11.3 Å².